The van der Waals surface area contributed by atoms with Crippen molar-refractivity contribution < 1.29 is 0 Å². The zero-order valence-electron chi connectivity index (χ0n) is 10.1. The summed E-state index contributed by atoms with van der Waals surface area (Å²) in [4.78, 5) is 2.56. The molecule has 2 heterocycles. The van der Waals surface area contributed by atoms with Gasteiger partial charge >= 0.3 is 0 Å². The van der Waals surface area contributed by atoms with E-state index in [9.17, 15) is 0 Å². The summed E-state index contributed by atoms with van der Waals surface area (Å²) in [5.74, 6) is 0. The number of rotatable bonds is 1. The summed E-state index contributed by atoms with van der Waals surface area (Å²) in [7, 11) is 0. The molecule has 1 aromatic carbocycles. The van der Waals surface area contributed by atoms with Gasteiger partial charge in [0.1, 0.15) is 0 Å². The maximum atomic E-state index is 3.61. The van der Waals surface area contributed by atoms with Gasteiger partial charge in [-0.25, -0.2) is 0 Å². The molecule has 0 radical (unpaired) electrons. The van der Waals surface area contributed by atoms with Crippen molar-refractivity contribution >= 4 is 11.4 Å². The normalized spacial score (nSPS) is 19.4. The van der Waals surface area contributed by atoms with E-state index in [0.29, 0.717) is 0 Å². The third kappa shape index (κ3) is 1.57. The van der Waals surface area contributed by atoms with E-state index in [1.54, 1.807) is 0 Å². The number of hydrogen-bond acceptors (Lipinski definition) is 2. The van der Waals surface area contributed by atoms with Crippen LogP contribution < -0.4 is 10.2 Å². The molecule has 1 N–H and O–H groups in total. The fourth-order valence-electron chi connectivity index (χ4n) is 2.98. The van der Waals surface area contributed by atoms with Crippen molar-refractivity contribution in [3.63, 3.8) is 0 Å². The highest BCUT2D eigenvalue weighted by Crippen LogP contribution is 2.37. The Morgan fingerprint density at radius 2 is 1.94 bits per heavy atom. The molecule has 2 heteroatoms. The van der Waals surface area contributed by atoms with Gasteiger partial charge in [0.2, 0.25) is 0 Å². The van der Waals surface area contributed by atoms with Crippen molar-refractivity contribution in [1.29, 1.82) is 0 Å². The average Bonchev–Trinajstić information content (AvgIpc) is 2.82. The van der Waals surface area contributed by atoms with Crippen LogP contribution in [-0.2, 0) is 6.42 Å². The molecule has 2 nitrogen and oxygen atoms in total. The predicted molar refractivity (Wildman–Crippen MR) is 69.4 cm³/mol. The lowest BCUT2D eigenvalue weighted by molar-refractivity contribution is 0.824. The first-order valence-corrected chi connectivity index (χ1v) is 6.47. The fraction of sp³-hybridized carbons (Fsp3) is 0.571. The molecule has 3 rings (SSSR count). The number of nitrogens with one attached hydrogen (secondary N) is 1. The van der Waals surface area contributed by atoms with Gasteiger partial charge in [0.25, 0.3) is 0 Å². The average molecular weight is 216 g/mol. The van der Waals surface area contributed by atoms with E-state index in [1.165, 1.54) is 61.3 Å². The van der Waals surface area contributed by atoms with E-state index < -0.39 is 0 Å². The van der Waals surface area contributed by atoms with Crippen LogP contribution in [0.2, 0.25) is 0 Å². The Kier molecular flexibility index (Phi) is 2.50. The summed E-state index contributed by atoms with van der Waals surface area (Å²) in [6, 6.07) is 4.59. The lowest BCUT2D eigenvalue weighted by Crippen LogP contribution is -2.23. The van der Waals surface area contributed by atoms with Crippen molar-refractivity contribution in [1.82, 2.24) is 0 Å². The standard InChI is InChI=1S/C14H20N2/c1-11-6-7-12-5-4-8-15-13(12)14(11)16-9-2-3-10-16/h6-7,15H,2-5,8-10H2,1H3. The summed E-state index contributed by atoms with van der Waals surface area (Å²) < 4.78 is 0. The van der Waals surface area contributed by atoms with Gasteiger partial charge < -0.3 is 10.2 Å². The molecule has 2 aliphatic heterocycles. The predicted octanol–water partition coefficient (Wildman–Crippen LogP) is 2.95. The molecule has 0 amide bonds. The molecule has 0 aliphatic carbocycles. The molecule has 16 heavy (non-hydrogen) atoms. The second kappa shape index (κ2) is 4.00. The number of nitrogens with zero attached hydrogens (tertiary/aromatic N) is 1. The first kappa shape index (κ1) is 10.0. The van der Waals surface area contributed by atoms with Crippen LogP contribution in [0.25, 0.3) is 0 Å². The summed E-state index contributed by atoms with van der Waals surface area (Å²) in [5.41, 5.74) is 5.84. The molecule has 2 aliphatic rings. The van der Waals surface area contributed by atoms with Crippen molar-refractivity contribution in [2.75, 3.05) is 29.9 Å². The SMILES string of the molecule is Cc1ccc2c(c1N1CCCC1)NCCC2. The molecule has 0 aromatic heterocycles. The lowest BCUT2D eigenvalue weighted by atomic mass is 9.99. The third-order valence-corrected chi connectivity index (χ3v) is 3.81. The Morgan fingerprint density at radius 1 is 1.12 bits per heavy atom. The third-order valence-electron chi connectivity index (χ3n) is 3.81. The molecule has 1 aromatic rings. The van der Waals surface area contributed by atoms with Crippen molar-refractivity contribution in [2.45, 2.75) is 32.6 Å². The van der Waals surface area contributed by atoms with Gasteiger partial charge in [-0.05, 0) is 43.7 Å². The zero-order chi connectivity index (χ0) is 11.0. The topological polar surface area (TPSA) is 15.3 Å². The second-order valence-electron chi connectivity index (χ2n) is 4.99. The summed E-state index contributed by atoms with van der Waals surface area (Å²) >= 11 is 0. The van der Waals surface area contributed by atoms with Crippen molar-refractivity contribution in [2.24, 2.45) is 0 Å². The lowest BCUT2D eigenvalue weighted by Gasteiger charge is -2.28. The van der Waals surface area contributed by atoms with Crippen LogP contribution in [0.5, 0.6) is 0 Å². The quantitative estimate of drug-likeness (QED) is 0.776. The van der Waals surface area contributed by atoms with E-state index in [2.05, 4.69) is 29.3 Å². The minimum Gasteiger partial charge on any atom is -0.383 e. The minimum absolute atomic E-state index is 1.14. The maximum absolute atomic E-state index is 3.61. The molecule has 0 atom stereocenters. The molecular weight excluding hydrogens is 196 g/mol. The van der Waals surface area contributed by atoms with Crippen LogP contribution in [0, 0.1) is 6.92 Å². The van der Waals surface area contributed by atoms with Gasteiger partial charge in [-0.15, -0.1) is 0 Å². The number of hydrogen-bond donors (Lipinski definition) is 1. The van der Waals surface area contributed by atoms with E-state index >= 15 is 0 Å². The number of anilines is 2. The van der Waals surface area contributed by atoms with Gasteiger partial charge in [-0.3, -0.25) is 0 Å². The number of benzene rings is 1. The minimum atomic E-state index is 1.14. The highest BCUT2D eigenvalue weighted by molar-refractivity contribution is 5.78. The molecule has 1 saturated heterocycles. The largest absolute Gasteiger partial charge is 0.383 e. The number of aryl methyl sites for hydroxylation is 2. The Morgan fingerprint density at radius 3 is 2.75 bits per heavy atom. The summed E-state index contributed by atoms with van der Waals surface area (Å²) in [6.45, 7) is 5.85. The summed E-state index contributed by atoms with van der Waals surface area (Å²) in [6.07, 6.45) is 5.21. The maximum Gasteiger partial charge on any atom is 0.0634 e. The monoisotopic (exact) mass is 216 g/mol. The van der Waals surface area contributed by atoms with E-state index in [1.807, 2.05) is 0 Å². The van der Waals surface area contributed by atoms with Gasteiger partial charge in [0, 0.05) is 19.6 Å². The molecule has 0 unspecified atom stereocenters. The molecule has 0 saturated carbocycles. The van der Waals surface area contributed by atoms with Crippen LogP contribution in [0.3, 0.4) is 0 Å². The first-order valence-electron chi connectivity index (χ1n) is 6.47. The van der Waals surface area contributed by atoms with Gasteiger partial charge in [-0.1, -0.05) is 12.1 Å². The Labute approximate surface area is 97.6 Å². The zero-order valence-corrected chi connectivity index (χ0v) is 10.1. The first-order chi connectivity index (χ1) is 7.86. The highest BCUT2D eigenvalue weighted by Gasteiger charge is 2.21. The van der Waals surface area contributed by atoms with Crippen molar-refractivity contribution in [3.05, 3.63) is 23.3 Å². The van der Waals surface area contributed by atoms with Crippen LogP contribution in [0.1, 0.15) is 30.4 Å². The molecule has 0 spiro atoms. The van der Waals surface area contributed by atoms with Crippen LogP contribution in [0.4, 0.5) is 11.4 Å². The van der Waals surface area contributed by atoms with Crippen LogP contribution >= 0.6 is 0 Å². The Balaban J connectivity index is 2.06. The summed E-state index contributed by atoms with van der Waals surface area (Å²) in [5, 5.41) is 3.61. The van der Waals surface area contributed by atoms with Crippen LogP contribution in [0.15, 0.2) is 12.1 Å². The van der Waals surface area contributed by atoms with Gasteiger partial charge in [0.05, 0.1) is 11.4 Å². The second-order valence-corrected chi connectivity index (χ2v) is 4.99. The van der Waals surface area contributed by atoms with Crippen molar-refractivity contribution in [3.8, 4) is 0 Å². The highest BCUT2D eigenvalue weighted by atomic mass is 15.2. The van der Waals surface area contributed by atoms with E-state index in [4.69, 9.17) is 0 Å². The molecule has 86 valence electrons. The molecule has 1 fully saturated rings. The van der Waals surface area contributed by atoms with Crippen LogP contribution in [-0.4, -0.2) is 19.6 Å². The molecular formula is C14H20N2. The Hall–Kier alpha value is -1.18. The van der Waals surface area contributed by atoms with E-state index in [-0.39, 0.29) is 0 Å². The van der Waals surface area contributed by atoms with E-state index in [0.717, 1.165) is 6.54 Å². The molecule has 0 bridgehead atoms. The number of fused-ring (bicyclic) bond motifs is 1. The Bertz CT molecular complexity index is 392. The van der Waals surface area contributed by atoms with Gasteiger partial charge in [-0.2, -0.15) is 0 Å². The fourth-order valence-corrected chi connectivity index (χ4v) is 2.98. The smallest absolute Gasteiger partial charge is 0.0634 e. The van der Waals surface area contributed by atoms with Gasteiger partial charge in [0.15, 0.2) is 0 Å².